The molecule has 108 valence electrons. The first-order valence-corrected chi connectivity index (χ1v) is 7.50. The third kappa shape index (κ3) is 2.45. The lowest BCUT2D eigenvalue weighted by molar-refractivity contribution is 0.153. The zero-order chi connectivity index (χ0) is 14.0. The molecule has 0 aromatic carbocycles. The second-order valence-corrected chi connectivity index (χ2v) is 6.14. The van der Waals surface area contributed by atoms with Gasteiger partial charge in [0.2, 0.25) is 0 Å². The molecule has 0 amide bonds. The smallest absolute Gasteiger partial charge is 0.137 e. The van der Waals surface area contributed by atoms with Crippen LogP contribution in [0.2, 0.25) is 0 Å². The number of likely N-dealkylation sites (N-methyl/N-ethyl adjacent to an activating group) is 1. The summed E-state index contributed by atoms with van der Waals surface area (Å²) in [6, 6.07) is 4.13. The molecule has 4 heteroatoms. The van der Waals surface area contributed by atoms with E-state index in [1.54, 1.807) is 0 Å². The number of H-pyrrole nitrogens is 1. The van der Waals surface area contributed by atoms with Crippen LogP contribution in [0.15, 0.2) is 24.5 Å². The van der Waals surface area contributed by atoms with Gasteiger partial charge in [0.15, 0.2) is 0 Å². The van der Waals surface area contributed by atoms with Crippen molar-refractivity contribution in [2.75, 3.05) is 20.6 Å². The summed E-state index contributed by atoms with van der Waals surface area (Å²) in [5, 5.41) is 4.88. The highest BCUT2D eigenvalue weighted by molar-refractivity contribution is 5.79. The number of fused-ring (bicyclic) bond motifs is 1. The molecule has 1 aliphatic rings. The summed E-state index contributed by atoms with van der Waals surface area (Å²) in [5.41, 5.74) is 2.64. The van der Waals surface area contributed by atoms with Crippen molar-refractivity contribution >= 4 is 11.0 Å². The maximum Gasteiger partial charge on any atom is 0.137 e. The maximum absolute atomic E-state index is 4.34. The van der Waals surface area contributed by atoms with Crippen LogP contribution < -0.4 is 5.32 Å². The molecule has 0 radical (unpaired) electrons. The minimum Gasteiger partial charge on any atom is -0.346 e. The van der Waals surface area contributed by atoms with Crippen LogP contribution in [0, 0.1) is 0 Å². The Balaban J connectivity index is 1.65. The molecule has 2 N–H and O–H groups in total. The van der Waals surface area contributed by atoms with Crippen molar-refractivity contribution in [2.45, 2.75) is 37.8 Å². The Bertz CT molecular complexity index is 567. The summed E-state index contributed by atoms with van der Waals surface area (Å²) >= 11 is 0. The van der Waals surface area contributed by atoms with Crippen LogP contribution in [0.25, 0.3) is 11.0 Å². The summed E-state index contributed by atoms with van der Waals surface area (Å²) in [5.74, 6) is 0. The highest BCUT2D eigenvalue weighted by Crippen LogP contribution is 2.33. The highest BCUT2D eigenvalue weighted by Gasteiger charge is 2.35. The molecular weight excluding hydrogens is 248 g/mol. The molecule has 0 spiro atoms. The fraction of sp³-hybridized carbons (Fsp3) is 0.562. The minimum absolute atomic E-state index is 0.352. The van der Waals surface area contributed by atoms with Crippen LogP contribution in [0.5, 0.6) is 0 Å². The molecule has 20 heavy (non-hydrogen) atoms. The first-order valence-electron chi connectivity index (χ1n) is 7.50. The van der Waals surface area contributed by atoms with Crippen molar-refractivity contribution in [1.29, 1.82) is 0 Å². The van der Waals surface area contributed by atoms with Crippen LogP contribution in [0.1, 0.15) is 31.2 Å². The lowest BCUT2D eigenvalue weighted by atomic mass is 9.96. The van der Waals surface area contributed by atoms with Gasteiger partial charge < -0.3 is 15.2 Å². The summed E-state index contributed by atoms with van der Waals surface area (Å²) in [4.78, 5) is 9.98. The molecular formula is C16H24N4. The lowest BCUT2D eigenvalue weighted by Gasteiger charge is -2.36. The van der Waals surface area contributed by atoms with Gasteiger partial charge in [0.1, 0.15) is 5.65 Å². The van der Waals surface area contributed by atoms with Crippen LogP contribution in [-0.2, 0) is 6.54 Å². The molecule has 0 aliphatic heterocycles. The molecule has 0 unspecified atom stereocenters. The molecule has 1 saturated carbocycles. The Morgan fingerprint density at radius 3 is 2.90 bits per heavy atom. The molecule has 2 heterocycles. The molecule has 0 atom stereocenters. The fourth-order valence-electron chi connectivity index (χ4n) is 3.40. The molecule has 3 rings (SSSR count). The summed E-state index contributed by atoms with van der Waals surface area (Å²) in [6.45, 7) is 1.97. The molecule has 0 bridgehead atoms. The summed E-state index contributed by atoms with van der Waals surface area (Å²) in [6.07, 6.45) is 9.23. The van der Waals surface area contributed by atoms with Gasteiger partial charge in [-0.15, -0.1) is 0 Å². The number of rotatable bonds is 5. The minimum atomic E-state index is 0.352. The molecule has 0 saturated heterocycles. The lowest BCUT2D eigenvalue weighted by Crippen LogP contribution is -2.49. The largest absolute Gasteiger partial charge is 0.346 e. The van der Waals surface area contributed by atoms with E-state index < -0.39 is 0 Å². The number of pyridine rings is 1. The van der Waals surface area contributed by atoms with E-state index >= 15 is 0 Å². The first kappa shape index (κ1) is 13.6. The Hall–Kier alpha value is -1.39. The van der Waals surface area contributed by atoms with Crippen LogP contribution in [0.4, 0.5) is 0 Å². The van der Waals surface area contributed by atoms with Crippen molar-refractivity contribution in [3.63, 3.8) is 0 Å². The van der Waals surface area contributed by atoms with Crippen molar-refractivity contribution < 1.29 is 0 Å². The Kier molecular flexibility index (Phi) is 3.76. The zero-order valence-electron chi connectivity index (χ0n) is 12.4. The van der Waals surface area contributed by atoms with Gasteiger partial charge in [0, 0.05) is 36.4 Å². The predicted octanol–water partition coefficient (Wildman–Crippen LogP) is 2.53. The van der Waals surface area contributed by atoms with E-state index in [-0.39, 0.29) is 0 Å². The third-order valence-corrected chi connectivity index (χ3v) is 4.79. The third-order valence-electron chi connectivity index (χ3n) is 4.79. The maximum atomic E-state index is 4.34. The van der Waals surface area contributed by atoms with Crippen molar-refractivity contribution in [3.05, 3.63) is 30.1 Å². The molecule has 2 aromatic rings. The number of nitrogens with zero attached hydrogens (tertiary/aromatic N) is 2. The number of nitrogens with one attached hydrogen (secondary N) is 2. The second kappa shape index (κ2) is 5.54. The van der Waals surface area contributed by atoms with Crippen LogP contribution in [-0.4, -0.2) is 41.0 Å². The van der Waals surface area contributed by atoms with Gasteiger partial charge in [-0.05, 0) is 44.6 Å². The van der Waals surface area contributed by atoms with Gasteiger partial charge in [0.25, 0.3) is 0 Å². The van der Waals surface area contributed by atoms with Gasteiger partial charge in [0.05, 0.1) is 0 Å². The van der Waals surface area contributed by atoms with E-state index in [2.05, 4.69) is 46.5 Å². The van der Waals surface area contributed by atoms with E-state index in [0.717, 1.165) is 18.7 Å². The van der Waals surface area contributed by atoms with Crippen molar-refractivity contribution in [2.24, 2.45) is 0 Å². The number of hydrogen-bond donors (Lipinski definition) is 2. The summed E-state index contributed by atoms with van der Waals surface area (Å²) in [7, 11) is 4.42. The number of aromatic nitrogens is 2. The SMILES string of the molecule is CN(C)C1(CNCc2c[nH]c3ncccc23)CCCC1. The first-order chi connectivity index (χ1) is 9.71. The zero-order valence-corrected chi connectivity index (χ0v) is 12.4. The second-order valence-electron chi connectivity index (χ2n) is 6.14. The topological polar surface area (TPSA) is 44.0 Å². The molecule has 2 aromatic heterocycles. The molecule has 4 nitrogen and oxygen atoms in total. The summed E-state index contributed by atoms with van der Waals surface area (Å²) < 4.78 is 0. The fourth-order valence-corrected chi connectivity index (χ4v) is 3.40. The van der Waals surface area contributed by atoms with E-state index in [4.69, 9.17) is 0 Å². The highest BCUT2D eigenvalue weighted by atomic mass is 15.2. The molecule has 1 aliphatic carbocycles. The Labute approximate surface area is 120 Å². The van der Waals surface area contributed by atoms with Gasteiger partial charge >= 0.3 is 0 Å². The number of hydrogen-bond acceptors (Lipinski definition) is 3. The van der Waals surface area contributed by atoms with Gasteiger partial charge in [-0.2, -0.15) is 0 Å². The van der Waals surface area contributed by atoms with Crippen molar-refractivity contribution in [1.82, 2.24) is 20.2 Å². The van der Waals surface area contributed by atoms with E-state index in [0.29, 0.717) is 5.54 Å². The predicted molar refractivity (Wildman–Crippen MR) is 82.7 cm³/mol. The number of aromatic amines is 1. The van der Waals surface area contributed by atoms with Gasteiger partial charge in [-0.25, -0.2) is 4.98 Å². The Morgan fingerprint density at radius 2 is 2.15 bits per heavy atom. The average Bonchev–Trinajstić information content (AvgIpc) is 3.07. The normalized spacial score (nSPS) is 18.1. The monoisotopic (exact) mass is 272 g/mol. The standard InChI is InChI=1S/C16H24N4/c1-20(2)16(7-3-4-8-16)12-17-10-13-11-19-15-14(13)6-5-9-18-15/h5-6,9,11,17H,3-4,7-8,10,12H2,1-2H3,(H,18,19). The van der Waals surface area contributed by atoms with Gasteiger partial charge in [-0.3, -0.25) is 0 Å². The Morgan fingerprint density at radius 1 is 1.35 bits per heavy atom. The van der Waals surface area contributed by atoms with E-state index in [1.807, 2.05) is 12.3 Å². The van der Waals surface area contributed by atoms with Crippen LogP contribution >= 0.6 is 0 Å². The van der Waals surface area contributed by atoms with Crippen molar-refractivity contribution in [3.8, 4) is 0 Å². The van der Waals surface area contributed by atoms with Gasteiger partial charge in [-0.1, -0.05) is 12.8 Å². The average molecular weight is 272 g/mol. The van der Waals surface area contributed by atoms with E-state index in [1.165, 1.54) is 36.6 Å². The van der Waals surface area contributed by atoms with E-state index in [9.17, 15) is 0 Å². The van der Waals surface area contributed by atoms with Crippen LogP contribution in [0.3, 0.4) is 0 Å². The quantitative estimate of drug-likeness (QED) is 0.879. The molecule has 1 fully saturated rings.